The Morgan fingerprint density at radius 2 is 0.934 bits per heavy atom. The quantitative estimate of drug-likeness (QED) is 0.168. The van der Waals surface area contributed by atoms with Crippen molar-refractivity contribution in [3.63, 3.8) is 0 Å². The average Bonchev–Trinajstić information content (AvgIpc) is 3.99. The Kier molecular flexibility index (Phi) is 6.49. The molecule has 61 heavy (non-hydrogen) atoms. The van der Waals surface area contributed by atoms with Gasteiger partial charge in [-0.2, -0.15) is 4.98 Å². The van der Waals surface area contributed by atoms with Crippen LogP contribution in [0.1, 0.15) is 0 Å². The maximum Gasteiger partial charge on any atom is 0.238 e. The molecular formula is C56H32N4O. The molecule has 0 radical (unpaired) electrons. The Balaban J connectivity index is 1.13. The summed E-state index contributed by atoms with van der Waals surface area (Å²) in [6.45, 7) is 0. The fraction of sp³-hybridized carbons (Fsp3) is 0. The van der Waals surface area contributed by atoms with Crippen LogP contribution >= 0.6 is 0 Å². The first-order valence-corrected chi connectivity index (χ1v) is 20.8. The smallest absolute Gasteiger partial charge is 0.238 e. The number of para-hydroxylation sites is 3. The number of hydrogen-bond donors (Lipinski definition) is 0. The lowest BCUT2D eigenvalue weighted by molar-refractivity contribution is 0.651. The number of benzene rings is 10. The van der Waals surface area contributed by atoms with E-state index in [1.807, 2.05) is 12.1 Å². The van der Waals surface area contributed by atoms with E-state index in [0.29, 0.717) is 11.7 Å². The Morgan fingerprint density at radius 1 is 0.344 bits per heavy atom. The van der Waals surface area contributed by atoms with E-state index in [4.69, 9.17) is 14.4 Å². The third kappa shape index (κ3) is 4.44. The van der Waals surface area contributed by atoms with Gasteiger partial charge < -0.3 is 8.98 Å². The summed E-state index contributed by atoms with van der Waals surface area (Å²) >= 11 is 0. The Bertz CT molecular complexity index is 4140. The van der Waals surface area contributed by atoms with Crippen molar-refractivity contribution in [3.8, 4) is 22.9 Å². The third-order valence-corrected chi connectivity index (χ3v) is 12.9. The second-order valence-electron chi connectivity index (χ2n) is 16.1. The van der Waals surface area contributed by atoms with E-state index in [-0.39, 0.29) is 0 Å². The molecule has 0 spiro atoms. The van der Waals surface area contributed by atoms with Gasteiger partial charge in [0.25, 0.3) is 0 Å². The van der Waals surface area contributed by atoms with E-state index >= 15 is 0 Å². The molecule has 10 aromatic carbocycles. The Morgan fingerprint density at radius 3 is 1.75 bits per heavy atom. The number of furan rings is 1. The highest BCUT2D eigenvalue weighted by atomic mass is 16.3. The zero-order chi connectivity index (χ0) is 39.8. The Hall–Kier alpha value is -8.28. The van der Waals surface area contributed by atoms with Crippen molar-refractivity contribution in [3.05, 3.63) is 194 Å². The van der Waals surface area contributed by atoms with Crippen LogP contribution in [0.2, 0.25) is 0 Å². The van der Waals surface area contributed by atoms with Gasteiger partial charge in [-0.25, -0.2) is 4.98 Å². The zero-order valence-corrected chi connectivity index (χ0v) is 32.7. The molecule has 282 valence electrons. The van der Waals surface area contributed by atoms with Crippen molar-refractivity contribution in [2.24, 2.45) is 0 Å². The molecule has 0 aliphatic carbocycles. The monoisotopic (exact) mass is 776 g/mol. The van der Waals surface area contributed by atoms with Gasteiger partial charge in [0.2, 0.25) is 11.7 Å². The van der Waals surface area contributed by atoms with Crippen molar-refractivity contribution >= 4 is 109 Å². The average molecular weight is 777 g/mol. The number of nitrogens with zero attached hydrogens (tertiary/aromatic N) is 4. The lowest BCUT2D eigenvalue weighted by Crippen LogP contribution is -2.03. The topological polar surface area (TPSA) is 48.8 Å². The standard InChI is InChI=1S/C56H32N4O/c1-2-15-35(16-3-1)59-45-24-12-10-21-40(45)44-32-34(27-29-46(44)59)54-52-43-23-11-13-25-49(43)61-55(52)58-56(57-54)60-47-30-26-33-14-4-5-17-36(33)51(47)53-48(60)31-28-42-39-20-7-6-18-37(39)38-19-8-9-22-41(38)50(42)53/h1-32H. The fourth-order valence-corrected chi connectivity index (χ4v) is 10.4. The third-order valence-electron chi connectivity index (χ3n) is 12.9. The molecule has 5 heteroatoms. The summed E-state index contributed by atoms with van der Waals surface area (Å²) in [7, 11) is 0. The molecule has 0 atom stereocenters. The number of aromatic nitrogens is 4. The van der Waals surface area contributed by atoms with Crippen molar-refractivity contribution in [1.82, 2.24) is 19.1 Å². The maximum atomic E-state index is 6.67. The van der Waals surface area contributed by atoms with E-state index in [0.717, 1.165) is 60.8 Å². The minimum atomic E-state index is 0.557. The van der Waals surface area contributed by atoms with E-state index < -0.39 is 0 Å². The molecule has 0 saturated carbocycles. The summed E-state index contributed by atoms with van der Waals surface area (Å²) in [5.74, 6) is 0.563. The van der Waals surface area contributed by atoms with Gasteiger partial charge in [-0.1, -0.05) is 146 Å². The van der Waals surface area contributed by atoms with Gasteiger partial charge in [0, 0.05) is 43.6 Å². The molecule has 5 nitrogen and oxygen atoms in total. The molecule has 0 unspecified atom stereocenters. The molecule has 0 aliphatic heterocycles. The largest absolute Gasteiger partial charge is 0.437 e. The summed E-state index contributed by atoms with van der Waals surface area (Å²) in [5.41, 5.74) is 8.68. The molecule has 0 fully saturated rings. The molecule has 14 aromatic rings. The molecule has 14 rings (SSSR count). The maximum absolute atomic E-state index is 6.67. The zero-order valence-electron chi connectivity index (χ0n) is 32.7. The first kappa shape index (κ1) is 32.7. The van der Waals surface area contributed by atoms with Crippen LogP contribution < -0.4 is 0 Å². The van der Waals surface area contributed by atoms with E-state index in [1.54, 1.807) is 0 Å². The van der Waals surface area contributed by atoms with Crippen LogP contribution in [0.15, 0.2) is 199 Å². The van der Waals surface area contributed by atoms with Crippen LogP contribution in [0.25, 0.3) is 132 Å². The lowest BCUT2D eigenvalue weighted by atomic mass is 9.91. The summed E-state index contributed by atoms with van der Waals surface area (Å²) in [4.78, 5) is 11.0. The van der Waals surface area contributed by atoms with Crippen molar-refractivity contribution in [2.75, 3.05) is 0 Å². The molecule has 0 saturated heterocycles. The van der Waals surface area contributed by atoms with Crippen molar-refractivity contribution < 1.29 is 4.42 Å². The van der Waals surface area contributed by atoms with Gasteiger partial charge in [-0.3, -0.25) is 4.57 Å². The molecule has 4 aromatic heterocycles. The predicted molar refractivity (Wildman–Crippen MR) is 253 cm³/mol. The molecule has 0 amide bonds. The van der Waals surface area contributed by atoms with Crippen LogP contribution in [0.3, 0.4) is 0 Å². The highest BCUT2D eigenvalue weighted by Gasteiger charge is 2.25. The van der Waals surface area contributed by atoms with Crippen LogP contribution in [-0.4, -0.2) is 19.1 Å². The van der Waals surface area contributed by atoms with Crippen molar-refractivity contribution in [2.45, 2.75) is 0 Å². The van der Waals surface area contributed by atoms with Gasteiger partial charge in [-0.15, -0.1) is 0 Å². The second kappa shape index (κ2) is 12.1. The van der Waals surface area contributed by atoms with Crippen molar-refractivity contribution in [1.29, 1.82) is 0 Å². The van der Waals surface area contributed by atoms with Crippen LogP contribution in [0.4, 0.5) is 0 Å². The SMILES string of the molecule is c1ccc(-n2c3ccccc3c3cc(-c4nc(-n5c6ccc7ccccc7c6c6c7c8ccccc8c8ccccc8c7ccc65)nc5oc6ccccc6c45)ccc32)cc1. The molecule has 0 aliphatic rings. The first-order valence-electron chi connectivity index (χ1n) is 20.8. The Labute approximate surface area is 347 Å². The van der Waals surface area contributed by atoms with Crippen LogP contribution in [0.5, 0.6) is 0 Å². The number of hydrogen-bond acceptors (Lipinski definition) is 3. The first-order chi connectivity index (χ1) is 30.3. The van der Waals surface area contributed by atoms with Gasteiger partial charge in [0.05, 0.1) is 33.1 Å². The summed E-state index contributed by atoms with van der Waals surface area (Å²) < 4.78 is 11.3. The summed E-state index contributed by atoms with van der Waals surface area (Å²) in [6, 6.07) is 69.6. The minimum absolute atomic E-state index is 0.557. The van der Waals surface area contributed by atoms with E-state index in [9.17, 15) is 0 Å². The van der Waals surface area contributed by atoms with Gasteiger partial charge >= 0.3 is 0 Å². The second-order valence-corrected chi connectivity index (χ2v) is 16.1. The van der Waals surface area contributed by atoms with Crippen LogP contribution in [0, 0.1) is 0 Å². The minimum Gasteiger partial charge on any atom is -0.437 e. The van der Waals surface area contributed by atoms with Gasteiger partial charge in [0.1, 0.15) is 5.58 Å². The number of rotatable bonds is 3. The predicted octanol–water partition coefficient (Wildman–Crippen LogP) is 14.8. The normalized spacial score (nSPS) is 12.3. The van der Waals surface area contributed by atoms with E-state index in [2.05, 4.69) is 191 Å². The van der Waals surface area contributed by atoms with Gasteiger partial charge in [-0.05, 0) is 86.2 Å². The van der Waals surface area contributed by atoms with Crippen LogP contribution in [-0.2, 0) is 0 Å². The molecule has 0 N–H and O–H groups in total. The summed E-state index contributed by atoms with van der Waals surface area (Å²) in [5, 5.41) is 16.4. The number of fused-ring (bicyclic) bond motifs is 18. The van der Waals surface area contributed by atoms with E-state index in [1.165, 1.54) is 59.2 Å². The van der Waals surface area contributed by atoms with Gasteiger partial charge in [0.15, 0.2) is 0 Å². The highest BCUT2D eigenvalue weighted by molar-refractivity contribution is 6.37. The molecule has 4 heterocycles. The molecule has 0 bridgehead atoms. The molecular weight excluding hydrogens is 745 g/mol. The highest BCUT2D eigenvalue weighted by Crippen LogP contribution is 2.46. The lowest BCUT2D eigenvalue weighted by Gasteiger charge is -2.13. The fourth-order valence-electron chi connectivity index (χ4n) is 10.4. The summed E-state index contributed by atoms with van der Waals surface area (Å²) in [6.07, 6.45) is 0.